The second kappa shape index (κ2) is 8.96. The summed E-state index contributed by atoms with van der Waals surface area (Å²) in [7, 11) is 0. The van der Waals surface area contributed by atoms with Crippen molar-refractivity contribution in [2.45, 2.75) is 51.1 Å². The van der Waals surface area contributed by atoms with Crippen molar-refractivity contribution in [2.75, 3.05) is 13.2 Å². The van der Waals surface area contributed by atoms with Crippen LogP contribution in [0.4, 0.5) is 0 Å². The van der Waals surface area contributed by atoms with Crippen LogP contribution in [0.25, 0.3) is 10.8 Å². The van der Waals surface area contributed by atoms with E-state index >= 15 is 0 Å². The van der Waals surface area contributed by atoms with E-state index in [0.717, 1.165) is 26.1 Å². The Morgan fingerprint density at radius 1 is 0.826 bits per heavy atom. The van der Waals surface area contributed by atoms with Gasteiger partial charge in [0.05, 0.1) is 0 Å². The second-order valence-corrected chi connectivity index (χ2v) is 5.95. The van der Waals surface area contributed by atoms with Crippen molar-refractivity contribution in [3.05, 3.63) is 42.7 Å². The molecule has 1 aromatic heterocycles. The van der Waals surface area contributed by atoms with E-state index in [0.29, 0.717) is 0 Å². The molecule has 2 aliphatic rings. The smallest absolute Gasteiger partial charge is 0.160 e. The van der Waals surface area contributed by atoms with Crippen molar-refractivity contribution >= 4 is 10.8 Å². The zero-order valence-corrected chi connectivity index (χ0v) is 13.5. The molecule has 0 N–H and O–H groups in total. The standard InChI is InChI=1S/C10H18O3.C9H7N/c1-3-7-11-9(5-1)13-10-6-2-4-8-12-10;1-2-4-9-7-10-6-5-8(9)3-1/h9-10H,1-8H2;1-7H. The van der Waals surface area contributed by atoms with Crippen molar-refractivity contribution in [3.63, 3.8) is 0 Å². The van der Waals surface area contributed by atoms with Gasteiger partial charge in [-0.05, 0) is 55.4 Å². The monoisotopic (exact) mass is 315 g/mol. The Kier molecular flexibility index (Phi) is 6.38. The van der Waals surface area contributed by atoms with Gasteiger partial charge in [0, 0.05) is 25.6 Å². The van der Waals surface area contributed by atoms with Crippen LogP contribution in [0.15, 0.2) is 42.7 Å². The van der Waals surface area contributed by atoms with Crippen LogP contribution in [-0.4, -0.2) is 30.8 Å². The van der Waals surface area contributed by atoms with Gasteiger partial charge in [0.2, 0.25) is 0 Å². The average Bonchev–Trinajstić information content (AvgIpc) is 2.64. The van der Waals surface area contributed by atoms with Crippen LogP contribution in [0.2, 0.25) is 0 Å². The molecule has 4 nitrogen and oxygen atoms in total. The highest BCUT2D eigenvalue weighted by Crippen LogP contribution is 2.20. The van der Waals surface area contributed by atoms with Crippen molar-refractivity contribution in [3.8, 4) is 0 Å². The van der Waals surface area contributed by atoms with Gasteiger partial charge in [-0.3, -0.25) is 4.98 Å². The van der Waals surface area contributed by atoms with Gasteiger partial charge in [0.25, 0.3) is 0 Å². The zero-order valence-electron chi connectivity index (χ0n) is 13.5. The lowest BCUT2D eigenvalue weighted by atomic mass is 10.2. The van der Waals surface area contributed by atoms with Gasteiger partial charge in [-0.2, -0.15) is 0 Å². The summed E-state index contributed by atoms with van der Waals surface area (Å²) < 4.78 is 16.6. The third kappa shape index (κ3) is 5.27. The quantitative estimate of drug-likeness (QED) is 0.829. The third-order valence-electron chi connectivity index (χ3n) is 4.13. The molecule has 0 saturated carbocycles. The normalized spacial score (nSPS) is 24.7. The maximum Gasteiger partial charge on any atom is 0.160 e. The molecule has 0 aliphatic carbocycles. The molecule has 0 bridgehead atoms. The largest absolute Gasteiger partial charge is 0.353 e. The number of aromatic nitrogens is 1. The fourth-order valence-corrected chi connectivity index (χ4v) is 2.83. The molecular formula is C19H25NO3. The summed E-state index contributed by atoms with van der Waals surface area (Å²) in [5.41, 5.74) is 0. The first kappa shape index (κ1) is 16.4. The summed E-state index contributed by atoms with van der Waals surface area (Å²) in [5, 5.41) is 2.45. The van der Waals surface area contributed by atoms with Crippen molar-refractivity contribution in [2.24, 2.45) is 0 Å². The minimum Gasteiger partial charge on any atom is -0.353 e. The third-order valence-corrected chi connectivity index (χ3v) is 4.13. The summed E-state index contributed by atoms with van der Waals surface area (Å²) in [5.74, 6) is 0. The Morgan fingerprint density at radius 3 is 2.04 bits per heavy atom. The molecule has 2 aliphatic heterocycles. The Morgan fingerprint density at radius 2 is 1.48 bits per heavy atom. The number of hydrogen-bond donors (Lipinski definition) is 0. The molecule has 0 radical (unpaired) electrons. The Labute approximate surface area is 137 Å². The first-order chi connectivity index (χ1) is 11.4. The average molecular weight is 315 g/mol. The fourth-order valence-electron chi connectivity index (χ4n) is 2.83. The summed E-state index contributed by atoms with van der Waals surface area (Å²) >= 11 is 0. The van der Waals surface area contributed by atoms with E-state index in [9.17, 15) is 0 Å². The molecule has 3 heterocycles. The van der Waals surface area contributed by atoms with Crippen LogP contribution >= 0.6 is 0 Å². The number of fused-ring (bicyclic) bond motifs is 1. The predicted octanol–water partition coefficient (Wildman–Crippen LogP) is 4.29. The maximum absolute atomic E-state index is 5.69. The molecule has 0 spiro atoms. The molecule has 4 rings (SSSR count). The first-order valence-corrected chi connectivity index (χ1v) is 8.59. The van der Waals surface area contributed by atoms with Gasteiger partial charge in [0.15, 0.2) is 12.6 Å². The molecule has 2 aromatic rings. The summed E-state index contributed by atoms with van der Waals surface area (Å²) in [6, 6.07) is 10.2. The van der Waals surface area contributed by atoms with Gasteiger partial charge in [-0.15, -0.1) is 0 Å². The van der Waals surface area contributed by atoms with Crippen molar-refractivity contribution < 1.29 is 14.2 Å². The van der Waals surface area contributed by atoms with Crippen LogP contribution < -0.4 is 0 Å². The number of rotatable bonds is 2. The van der Waals surface area contributed by atoms with Crippen LogP contribution in [0.3, 0.4) is 0 Å². The highest BCUT2D eigenvalue weighted by atomic mass is 16.8. The first-order valence-electron chi connectivity index (χ1n) is 8.59. The topological polar surface area (TPSA) is 40.6 Å². The van der Waals surface area contributed by atoms with E-state index in [2.05, 4.69) is 17.1 Å². The number of benzene rings is 1. The van der Waals surface area contributed by atoms with Crippen LogP contribution in [0, 0.1) is 0 Å². The summed E-state index contributed by atoms with van der Waals surface area (Å²) in [6.45, 7) is 1.69. The maximum atomic E-state index is 5.69. The molecule has 2 atom stereocenters. The van der Waals surface area contributed by atoms with Gasteiger partial charge in [-0.1, -0.05) is 24.3 Å². The molecular weight excluding hydrogens is 290 g/mol. The lowest BCUT2D eigenvalue weighted by Crippen LogP contribution is -2.31. The van der Waals surface area contributed by atoms with E-state index in [-0.39, 0.29) is 12.6 Å². The highest BCUT2D eigenvalue weighted by Gasteiger charge is 2.21. The molecule has 2 unspecified atom stereocenters. The van der Waals surface area contributed by atoms with Crippen molar-refractivity contribution in [1.29, 1.82) is 0 Å². The molecule has 1 aromatic carbocycles. The SMILES string of the molecule is C1CCC(OC2CCCCO2)OC1.c1ccc2cnccc2c1. The predicted molar refractivity (Wildman–Crippen MR) is 90.0 cm³/mol. The van der Waals surface area contributed by atoms with Gasteiger partial charge in [-0.25, -0.2) is 0 Å². The van der Waals surface area contributed by atoms with E-state index < -0.39 is 0 Å². The van der Waals surface area contributed by atoms with Gasteiger partial charge in [0.1, 0.15) is 0 Å². The lowest BCUT2D eigenvalue weighted by Gasteiger charge is -2.29. The number of ether oxygens (including phenoxy) is 3. The molecule has 124 valence electrons. The Hall–Kier alpha value is -1.49. The van der Waals surface area contributed by atoms with E-state index in [4.69, 9.17) is 14.2 Å². The molecule has 2 fully saturated rings. The second-order valence-electron chi connectivity index (χ2n) is 5.95. The molecule has 4 heteroatoms. The van der Waals surface area contributed by atoms with E-state index in [1.807, 2.05) is 30.6 Å². The van der Waals surface area contributed by atoms with Crippen LogP contribution in [-0.2, 0) is 14.2 Å². The number of hydrogen-bond acceptors (Lipinski definition) is 4. The van der Waals surface area contributed by atoms with Crippen LogP contribution in [0.5, 0.6) is 0 Å². The highest BCUT2D eigenvalue weighted by molar-refractivity contribution is 5.80. The Bertz CT molecular complexity index is 496. The lowest BCUT2D eigenvalue weighted by molar-refractivity contribution is -0.264. The zero-order chi connectivity index (χ0) is 15.7. The van der Waals surface area contributed by atoms with E-state index in [1.54, 1.807) is 0 Å². The minimum atomic E-state index is -0.00292. The van der Waals surface area contributed by atoms with Gasteiger partial charge >= 0.3 is 0 Å². The minimum absolute atomic E-state index is 0.00292. The summed E-state index contributed by atoms with van der Waals surface area (Å²) in [6.07, 6.45) is 10.5. The Balaban J connectivity index is 0.000000140. The summed E-state index contributed by atoms with van der Waals surface area (Å²) in [4.78, 5) is 4.01. The van der Waals surface area contributed by atoms with Gasteiger partial charge < -0.3 is 14.2 Å². The van der Waals surface area contributed by atoms with Crippen LogP contribution in [0.1, 0.15) is 38.5 Å². The van der Waals surface area contributed by atoms with E-state index in [1.165, 1.54) is 36.5 Å². The van der Waals surface area contributed by atoms with Crippen molar-refractivity contribution in [1.82, 2.24) is 4.98 Å². The number of pyridine rings is 1. The molecule has 2 saturated heterocycles. The molecule has 0 amide bonds. The number of nitrogens with zero attached hydrogens (tertiary/aromatic N) is 1. The molecule has 23 heavy (non-hydrogen) atoms. The fraction of sp³-hybridized carbons (Fsp3) is 0.526.